The Hall–Kier alpha value is -1.64. The maximum atomic E-state index is 11.2. The van der Waals surface area contributed by atoms with Gasteiger partial charge >= 0.3 is 5.97 Å². The van der Waals surface area contributed by atoms with E-state index >= 15 is 0 Å². The third kappa shape index (κ3) is 2.78. The van der Waals surface area contributed by atoms with Gasteiger partial charge in [-0.15, -0.1) is 11.3 Å². The van der Waals surface area contributed by atoms with Crippen LogP contribution in [0.1, 0.15) is 0 Å². The molecule has 6 nitrogen and oxygen atoms in total. The predicted octanol–water partition coefficient (Wildman–Crippen LogP) is 1.01. The van der Waals surface area contributed by atoms with E-state index in [0.29, 0.717) is 15.8 Å². The molecule has 0 aliphatic rings. The number of hydrogen-bond acceptors (Lipinski definition) is 5. The van der Waals surface area contributed by atoms with Crippen LogP contribution < -0.4 is 9.88 Å². The van der Waals surface area contributed by atoms with Gasteiger partial charge in [0.1, 0.15) is 9.96 Å². The molecule has 96 valence electrons. The van der Waals surface area contributed by atoms with Crippen LogP contribution in [0.5, 0.6) is 5.75 Å². The molecule has 0 aliphatic carbocycles. The van der Waals surface area contributed by atoms with Crippen molar-refractivity contribution in [3.63, 3.8) is 0 Å². The van der Waals surface area contributed by atoms with Gasteiger partial charge in [-0.05, 0) is 29.7 Å². The number of nitrogens with two attached hydrogens (primary N) is 1. The standard InChI is InChI=1S/C10H9NO5S2/c11-18(14,15)10-3-6-1-2-7(4-8(6)17-10)16-5-9(12)13/h1-4H,5H2,(H,12,13)(H2,11,14,15). The maximum absolute atomic E-state index is 11.2. The van der Waals surface area contributed by atoms with E-state index in [1.807, 2.05) is 0 Å². The molecule has 3 N–H and O–H groups in total. The Bertz CT molecular complexity index is 704. The number of primary sulfonamides is 1. The number of ether oxygens (including phenoxy) is 1. The summed E-state index contributed by atoms with van der Waals surface area (Å²) in [5, 5.41) is 14.2. The molecule has 0 aliphatic heterocycles. The number of carboxylic acid groups (broad SMARTS) is 1. The zero-order valence-corrected chi connectivity index (χ0v) is 10.6. The average Bonchev–Trinajstić information content (AvgIpc) is 2.68. The lowest BCUT2D eigenvalue weighted by Crippen LogP contribution is -2.09. The summed E-state index contributed by atoms with van der Waals surface area (Å²) in [5.74, 6) is -0.709. The highest BCUT2D eigenvalue weighted by molar-refractivity contribution is 7.91. The molecule has 2 rings (SSSR count). The first-order chi connectivity index (χ1) is 8.36. The summed E-state index contributed by atoms with van der Waals surface area (Å²) >= 11 is 1.01. The lowest BCUT2D eigenvalue weighted by molar-refractivity contribution is -0.139. The molecular weight excluding hydrogens is 278 g/mol. The molecule has 0 amide bonds. The number of sulfonamides is 1. The summed E-state index contributed by atoms with van der Waals surface area (Å²) in [6.45, 7) is -0.446. The smallest absolute Gasteiger partial charge is 0.341 e. The molecule has 2 aromatic rings. The fourth-order valence-corrected chi connectivity index (χ4v) is 3.21. The van der Waals surface area contributed by atoms with Crippen LogP contribution in [0.2, 0.25) is 0 Å². The van der Waals surface area contributed by atoms with Crippen molar-refractivity contribution in [3.8, 4) is 5.75 Å². The van der Waals surface area contributed by atoms with E-state index in [9.17, 15) is 13.2 Å². The van der Waals surface area contributed by atoms with Crippen LogP contribution in [0.15, 0.2) is 28.5 Å². The fourth-order valence-electron chi connectivity index (χ4n) is 1.36. The molecule has 0 atom stereocenters. The highest BCUT2D eigenvalue weighted by atomic mass is 32.2. The Balaban J connectivity index is 2.37. The number of carbonyl (C=O) groups is 1. The number of aliphatic carboxylic acids is 1. The van der Waals surface area contributed by atoms with E-state index < -0.39 is 22.6 Å². The van der Waals surface area contributed by atoms with E-state index in [1.165, 1.54) is 6.07 Å². The minimum Gasteiger partial charge on any atom is -0.482 e. The number of benzene rings is 1. The number of hydrogen-bond donors (Lipinski definition) is 2. The maximum Gasteiger partial charge on any atom is 0.341 e. The Morgan fingerprint density at radius 1 is 1.39 bits per heavy atom. The van der Waals surface area contributed by atoms with Gasteiger partial charge in [-0.1, -0.05) is 0 Å². The predicted molar refractivity (Wildman–Crippen MR) is 66.3 cm³/mol. The monoisotopic (exact) mass is 287 g/mol. The van der Waals surface area contributed by atoms with Crippen molar-refractivity contribution >= 4 is 37.4 Å². The molecule has 1 heterocycles. The summed E-state index contributed by atoms with van der Waals surface area (Å²) in [4.78, 5) is 10.4. The van der Waals surface area contributed by atoms with Gasteiger partial charge in [0.15, 0.2) is 6.61 Å². The van der Waals surface area contributed by atoms with Crippen LogP contribution in [0, 0.1) is 0 Å². The SMILES string of the molecule is NS(=O)(=O)c1cc2ccc(OCC(=O)O)cc2s1. The molecule has 1 aromatic carbocycles. The Morgan fingerprint density at radius 2 is 2.11 bits per heavy atom. The fraction of sp³-hybridized carbons (Fsp3) is 0.100. The number of thiophene rings is 1. The van der Waals surface area contributed by atoms with Gasteiger partial charge in [0.05, 0.1) is 0 Å². The third-order valence-electron chi connectivity index (χ3n) is 2.11. The molecule has 1 aromatic heterocycles. The summed E-state index contributed by atoms with van der Waals surface area (Å²) in [7, 11) is -3.72. The van der Waals surface area contributed by atoms with E-state index in [0.717, 1.165) is 11.3 Å². The number of fused-ring (bicyclic) bond motifs is 1. The quantitative estimate of drug-likeness (QED) is 0.872. The first-order valence-electron chi connectivity index (χ1n) is 4.77. The Labute approximate surface area is 107 Å². The molecule has 0 spiro atoms. The summed E-state index contributed by atoms with van der Waals surface area (Å²) < 4.78 is 28.1. The topological polar surface area (TPSA) is 107 Å². The van der Waals surface area contributed by atoms with Gasteiger partial charge in [-0.25, -0.2) is 18.4 Å². The van der Waals surface area contributed by atoms with Crippen molar-refractivity contribution in [1.82, 2.24) is 0 Å². The van der Waals surface area contributed by atoms with Crippen LogP contribution in [0.3, 0.4) is 0 Å². The van der Waals surface area contributed by atoms with Crippen molar-refractivity contribution in [1.29, 1.82) is 0 Å². The highest BCUT2D eigenvalue weighted by Crippen LogP contribution is 2.31. The zero-order chi connectivity index (χ0) is 13.3. The van der Waals surface area contributed by atoms with Crippen molar-refractivity contribution in [3.05, 3.63) is 24.3 Å². The lowest BCUT2D eigenvalue weighted by atomic mass is 10.2. The normalized spacial score (nSPS) is 11.6. The Kier molecular flexibility index (Phi) is 3.24. The van der Waals surface area contributed by atoms with Crippen molar-refractivity contribution < 1.29 is 23.1 Å². The number of carboxylic acids is 1. The molecule has 8 heteroatoms. The van der Waals surface area contributed by atoms with Crippen LogP contribution >= 0.6 is 11.3 Å². The van der Waals surface area contributed by atoms with Gasteiger partial charge in [-0.2, -0.15) is 0 Å². The molecule has 0 bridgehead atoms. The van der Waals surface area contributed by atoms with Gasteiger partial charge in [0, 0.05) is 4.70 Å². The lowest BCUT2D eigenvalue weighted by Gasteiger charge is -2.01. The van der Waals surface area contributed by atoms with E-state index in [-0.39, 0.29) is 4.21 Å². The molecule has 0 saturated carbocycles. The molecule has 0 saturated heterocycles. The number of rotatable bonds is 4. The van der Waals surface area contributed by atoms with Gasteiger partial charge in [0.2, 0.25) is 10.0 Å². The van der Waals surface area contributed by atoms with Crippen LogP contribution in [0.4, 0.5) is 0 Å². The first kappa shape index (κ1) is 12.8. The van der Waals surface area contributed by atoms with E-state index in [1.54, 1.807) is 18.2 Å². The molecular formula is C10H9NO5S2. The minimum absolute atomic E-state index is 0.0629. The second-order valence-corrected chi connectivity index (χ2v) is 6.36. The third-order valence-corrected chi connectivity index (χ3v) is 4.63. The summed E-state index contributed by atoms with van der Waals surface area (Å²) in [5.41, 5.74) is 0. The van der Waals surface area contributed by atoms with E-state index in [2.05, 4.69) is 0 Å². The van der Waals surface area contributed by atoms with Gasteiger partial charge in [0.25, 0.3) is 0 Å². The van der Waals surface area contributed by atoms with Gasteiger partial charge in [-0.3, -0.25) is 0 Å². The highest BCUT2D eigenvalue weighted by Gasteiger charge is 2.12. The first-order valence-corrected chi connectivity index (χ1v) is 7.13. The average molecular weight is 287 g/mol. The minimum atomic E-state index is -3.72. The van der Waals surface area contributed by atoms with Crippen molar-refractivity contribution in [2.24, 2.45) is 5.14 Å². The molecule has 0 radical (unpaired) electrons. The molecule has 18 heavy (non-hydrogen) atoms. The van der Waals surface area contributed by atoms with Crippen LogP contribution in [-0.4, -0.2) is 26.1 Å². The van der Waals surface area contributed by atoms with Gasteiger partial charge < -0.3 is 9.84 Å². The van der Waals surface area contributed by atoms with Crippen molar-refractivity contribution in [2.45, 2.75) is 4.21 Å². The molecule has 0 unspecified atom stereocenters. The summed E-state index contributed by atoms with van der Waals surface area (Å²) in [6, 6.07) is 6.27. The molecule has 0 fully saturated rings. The Morgan fingerprint density at radius 3 is 2.72 bits per heavy atom. The second kappa shape index (κ2) is 4.56. The zero-order valence-electron chi connectivity index (χ0n) is 8.99. The van der Waals surface area contributed by atoms with Crippen LogP contribution in [-0.2, 0) is 14.8 Å². The van der Waals surface area contributed by atoms with Crippen LogP contribution in [0.25, 0.3) is 10.1 Å². The summed E-state index contributed by atoms with van der Waals surface area (Å²) in [6.07, 6.45) is 0. The second-order valence-electron chi connectivity index (χ2n) is 3.49. The largest absolute Gasteiger partial charge is 0.482 e. The van der Waals surface area contributed by atoms with E-state index in [4.69, 9.17) is 15.0 Å². The van der Waals surface area contributed by atoms with Crippen molar-refractivity contribution in [2.75, 3.05) is 6.61 Å².